The third kappa shape index (κ3) is 1.95. The summed E-state index contributed by atoms with van der Waals surface area (Å²) < 4.78 is 0. The summed E-state index contributed by atoms with van der Waals surface area (Å²) in [4.78, 5) is 18.7. The van der Waals surface area contributed by atoms with Crippen molar-refractivity contribution in [3.63, 3.8) is 0 Å². The lowest BCUT2D eigenvalue weighted by Crippen LogP contribution is -2.41. The van der Waals surface area contributed by atoms with E-state index in [0.717, 1.165) is 41.5 Å². The Labute approximate surface area is 138 Å². The highest BCUT2D eigenvalue weighted by atomic mass is 32.1. The van der Waals surface area contributed by atoms with E-state index in [0.29, 0.717) is 6.67 Å². The molecule has 0 atom stereocenters. The van der Waals surface area contributed by atoms with Gasteiger partial charge in [-0.2, -0.15) is 0 Å². The van der Waals surface area contributed by atoms with Gasteiger partial charge in [0.1, 0.15) is 0 Å². The Morgan fingerprint density at radius 3 is 2.87 bits per heavy atom. The number of nitrogens with zero attached hydrogens (tertiary/aromatic N) is 2. The van der Waals surface area contributed by atoms with Crippen LogP contribution in [0.2, 0.25) is 0 Å². The van der Waals surface area contributed by atoms with Gasteiger partial charge < -0.3 is 0 Å². The van der Waals surface area contributed by atoms with Crippen LogP contribution in [-0.2, 0) is 13.0 Å². The summed E-state index contributed by atoms with van der Waals surface area (Å²) in [6.45, 7) is 2.63. The minimum Gasteiger partial charge on any atom is -0.294 e. The quantitative estimate of drug-likeness (QED) is 0.715. The Kier molecular flexibility index (Phi) is 2.84. The van der Waals surface area contributed by atoms with Crippen molar-refractivity contribution in [3.8, 4) is 0 Å². The second kappa shape index (κ2) is 4.91. The van der Waals surface area contributed by atoms with Gasteiger partial charge in [0.05, 0.1) is 12.4 Å². The molecular formula is C19H16N2OS. The van der Waals surface area contributed by atoms with Gasteiger partial charge in [0.25, 0.3) is 5.91 Å². The van der Waals surface area contributed by atoms with Gasteiger partial charge in [-0.3, -0.25) is 14.6 Å². The molecule has 0 fully saturated rings. The number of amides is 1. The summed E-state index contributed by atoms with van der Waals surface area (Å²) in [7, 11) is 0. The molecule has 1 amide bonds. The average Bonchev–Trinajstić information content (AvgIpc) is 3.15. The van der Waals surface area contributed by atoms with Crippen LogP contribution < -0.4 is 4.90 Å². The molecule has 2 aliphatic heterocycles. The van der Waals surface area contributed by atoms with Crippen molar-refractivity contribution in [2.45, 2.75) is 13.0 Å². The van der Waals surface area contributed by atoms with Crippen molar-refractivity contribution >= 4 is 33.7 Å². The molecule has 0 radical (unpaired) electrons. The van der Waals surface area contributed by atoms with E-state index in [1.165, 1.54) is 10.4 Å². The van der Waals surface area contributed by atoms with E-state index in [-0.39, 0.29) is 5.91 Å². The Bertz CT molecular complexity index is 925. The molecule has 1 aromatic heterocycles. The summed E-state index contributed by atoms with van der Waals surface area (Å²) in [5, 5.41) is 4.43. The molecule has 2 aromatic carbocycles. The number of benzene rings is 2. The summed E-state index contributed by atoms with van der Waals surface area (Å²) in [5.41, 5.74) is 3.31. The lowest BCUT2D eigenvalue weighted by molar-refractivity contribution is 0.0971. The van der Waals surface area contributed by atoms with Crippen molar-refractivity contribution in [2.24, 2.45) is 0 Å². The fourth-order valence-corrected chi connectivity index (χ4v) is 4.64. The van der Waals surface area contributed by atoms with Crippen LogP contribution in [0.25, 0.3) is 10.8 Å². The van der Waals surface area contributed by atoms with E-state index in [1.807, 2.05) is 34.4 Å². The third-order valence-electron chi connectivity index (χ3n) is 4.88. The first kappa shape index (κ1) is 13.3. The van der Waals surface area contributed by atoms with E-state index in [2.05, 4.69) is 34.5 Å². The lowest BCUT2D eigenvalue weighted by Gasteiger charge is -2.31. The molecule has 0 N–H and O–H groups in total. The maximum Gasteiger partial charge on any atom is 0.260 e. The molecular weight excluding hydrogens is 304 g/mol. The number of anilines is 1. The third-order valence-corrected chi connectivity index (χ3v) is 5.90. The zero-order chi connectivity index (χ0) is 15.4. The minimum atomic E-state index is 0.132. The van der Waals surface area contributed by atoms with Crippen molar-refractivity contribution in [1.82, 2.24) is 4.90 Å². The predicted molar refractivity (Wildman–Crippen MR) is 94.1 cm³/mol. The van der Waals surface area contributed by atoms with Crippen LogP contribution in [0.3, 0.4) is 0 Å². The molecule has 5 rings (SSSR count). The van der Waals surface area contributed by atoms with Crippen LogP contribution in [0.15, 0.2) is 47.8 Å². The Hall–Kier alpha value is -2.17. The lowest BCUT2D eigenvalue weighted by atomic mass is 10.1. The van der Waals surface area contributed by atoms with Crippen LogP contribution >= 0.6 is 11.3 Å². The molecule has 3 nitrogen and oxygen atoms in total. The van der Waals surface area contributed by atoms with Crippen LogP contribution in [0.4, 0.5) is 5.69 Å². The van der Waals surface area contributed by atoms with Gasteiger partial charge in [-0.05, 0) is 40.9 Å². The molecule has 0 bridgehead atoms. The first-order valence-electron chi connectivity index (χ1n) is 7.92. The van der Waals surface area contributed by atoms with Gasteiger partial charge in [0.2, 0.25) is 0 Å². The van der Waals surface area contributed by atoms with E-state index < -0.39 is 0 Å². The number of fused-ring (bicyclic) bond motifs is 1. The highest BCUT2D eigenvalue weighted by Gasteiger charge is 2.31. The largest absolute Gasteiger partial charge is 0.294 e. The molecule has 0 unspecified atom stereocenters. The van der Waals surface area contributed by atoms with Crippen LogP contribution in [0.1, 0.15) is 20.8 Å². The van der Waals surface area contributed by atoms with Crippen molar-refractivity contribution < 1.29 is 4.79 Å². The molecule has 2 aliphatic rings. The topological polar surface area (TPSA) is 23.6 Å². The zero-order valence-electron chi connectivity index (χ0n) is 12.7. The Morgan fingerprint density at radius 2 is 1.96 bits per heavy atom. The Morgan fingerprint density at radius 1 is 1.09 bits per heavy atom. The first-order valence-corrected chi connectivity index (χ1v) is 8.80. The van der Waals surface area contributed by atoms with Gasteiger partial charge >= 0.3 is 0 Å². The maximum atomic E-state index is 12.8. The van der Waals surface area contributed by atoms with Gasteiger partial charge in [0.15, 0.2) is 0 Å². The summed E-state index contributed by atoms with van der Waals surface area (Å²) >= 11 is 1.85. The SMILES string of the molecule is O=C1c2cccc3cccc(c23)N1CN1CCc2sccc2C1. The van der Waals surface area contributed by atoms with E-state index in [1.54, 1.807) is 0 Å². The van der Waals surface area contributed by atoms with E-state index in [4.69, 9.17) is 0 Å². The fraction of sp³-hybridized carbons (Fsp3) is 0.211. The molecule has 0 aliphatic carbocycles. The predicted octanol–water partition coefficient (Wildman–Crippen LogP) is 3.88. The van der Waals surface area contributed by atoms with Crippen LogP contribution in [0.5, 0.6) is 0 Å². The molecule has 0 saturated carbocycles. The van der Waals surface area contributed by atoms with Gasteiger partial charge in [-0.25, -0.2) is 0 Å². The summed E-state index contributed by atoms with van der Waals surface area (Å²) in [6.07, 6.45) is 1.09. The second-order valence-corrected chi connectivity index (χ2v) is 7.23. The van der Waals surface area contributed by atoms with E-state index in [9.17, 15) is 4.79 Å². The molecule has 0 saturated heterocycles. The molecule has 3 heterocycles. The monoisotopic (exact) mass is 320 g/mol. The normalized spacial score (nSPS) is 17.0. The number of hydrogen-bond acceptors (Lipinski definition) is 3. The first-order chi connectivity index (χ1) is 11.3. The van der Waals surface area contributed by atoms with Crippen molar-refractivity contribution in [3.05, 3.63) is 63.8 Å². The number of hydrogen-bond donors (Lipinski definition) is 0. The smallest absolute Gasteiger partial charge is 0.260 e. The van der Waals surface area contributed by atoms with E-state index >= 15 is 0 Å². The number of carbonyl (C=O) groups is 1. The zero-order valence-corrected chi connectivity index (χ0v) is 13.5. The van der Waals surface area contributed by atoms with Crippen LogP contribution in [-0.4, -0.2) is 24.0 Å². The number of carbonyl (C=O) groups excluding carboxylic acids is 1. The van der Waals surface area contributed by atoms with Crippen molar-refractivity contribution in [2.75, 3.05) is 18.1 Å². The summed E-state index contributed by atoms with van der Waals surface area (Å²) in [6, 6.07) is 14.4. The van der Waals surface area contributed by atoms with Gasteiger partial charge in [0, 0.05) is 28.9 Å². The fourth-order valence-electron chi connectivity index (χ4n) is 3.75. The highest BCUT2D eigenvalue weighted by Crippen LogP contribution is 2.37. The van der Waals surface area contributed by atoms with Crippen LogP contribution in [0, 0.1) is 0 Å². The number of rotatable bonds is 2. The highest BCUT2D eigenvalue weighted by molar-refractivity contribution is 7.10. The van der Waals surface area contributed by atoms with Gasteiger partial charge in [-0.1, -0.05) is 24.3 Å². The molecule has 4 heteroatoms. The van der Waals surface area contributed by atoms with Crippen molar-refractivity contribution in [1.29, 1.82) is 0 Å². The molecule has 114 valence electrons. The molecule has 3 aromatic rings. The molecule has 0 spiro atoms. The second-order valence-electron chi connectivity index (χ2n) is 6.23. The number of thiophene rings is 1. The molecule has 23 heavy (non-hydrogen) atoms. The summed E-state index contributed by atoms with van der Waals surface area (Å²) in [5.74, 6) is 0.132. The van der Waals surface area contributed by atoms with Gasteiger partial charge in [-0.15, -0.1) is 11.3 Å². The average molecular weight is 320 g/mol. The standard InChI is InChI=1S/C19H16N2OS/c22-19-15-5-1-3-13-4-2-6-16(18(13)15)21(19)12-20-9-7-17-14(11-20)8-10-23-17/h1-6,8,10H,7,9,11-12H2. The minimum absolute atomic E-state index is 0.132. The maximum absolute atomic E-state index is 12.8. The Balaban J connectivity index is 1.49.